The van der Waals surface area contributed by atoms with Crippen molar-refractivity contribution in [3.05, 3.63) is 36.4 Å². The Bertz CT molecular complexity index is 395. The quantitative estimate of drug-likeness (QED) is 0.578. The first-order valence-electron chi connectivity index (χ1n) is 9.84. The lowest BCUT2D eigenvalue weighted by atomic mass is 10.2. The van der Waals surface area contributed by atoms with E-state index in [-0.39, 0.29) is 19.0 Å². The van der Waals surface area contributed by atoms with E-state index in [0.29, 0.717) is 0 Å². The lowest BCUT2D eigenvalue weighted by molar-refractivity contribution is -0.00000649. The fourth-order valence-corrected chi connectivity index (χ4v) is 8.02. The molecule has 0 saturated carbocycles. The molecule has 0 amide bonds. The summed E-state index contributed by atoms with van der Waals surface area (Å²) in [5.41, 5.74) is 1.25. The van der Waals surface area contributed by atoms with Gasteiger partial charge < -0.3 is 17.5 Å². The Kier molecular flexibility index (Phi) is 18.3. The summed E-state index contributed by atoms with van der Waals surface area (Å²) in [6.45, 7) is 12.8. The van der Waals surface area contributed by atoms with Gasteiger partial charge in [0.1, 0.15) is 0 Å². The number of halogens is 1. The van der Waals surface area contributed by atoms with Gasteiger partial charge in [-0.1, -0.05) is 64.8 Å². The molecule has 0 fully saturated rings. The Morgan fingerprint density at radius 3 is 1.48 bits per heavy atom. The summed E-state index contributed by atoms with van der Waals surface area (Å²) in [5, 5.41) is 9.24. The van der Waals surface area contributed by atoms with Crippen LogP contribution in [0.4, 0.5) is 0 Å². The van der Waals surface area contributed by atoms with Crippen molar-refractivity contribution in [2.75, 3.05) is 25.1 Å². The lowest BCUT2D eigenvalue weighted by Gasteiger charge is -2.28. The molecular weight excluding hydrogens is 347 g/mol. The third-order valence-corrected chi connectivity index (χ3v) is 9.41. The number of rotatable bonds is 11. The van der Waals surface area contributed by atoms with E-state index in [9.17, 15) is 0 Å². The number of aliphatic hydroxyl groups excluding tert-OH is 1. The molecule has 0 unspecified atom stereocenters. The number of hydrogen-bond donors (Lipinski definition) is 1. The van der Waals surface area contributed by atoms with Crippen LogP contribution < -0.4 is 17.7 Å². The molecule has 0 saturated heterocycles. The average Bonchev–Trinajstić information content (AvgIpc) is 2.62. The normalized spacial score (nSPS) is 10.4. The molecule has 0 aliphatic heterocycles. The predicted octanol–water partition coefficient (Wildman–Crippen LogP) is 3.38. The molecule has 1 aromatic carbocycles. The fraction of sp³-hybridized carbons (Fsp3) is 0.636. The van der Waals surface area contributed by atoms with Gasteiger partial charge in [0.05, 0.1) is 23.8 Å². The van der Waals surface area contributed by atoms with Crippen LogP contribution in [-0.4, -0.2) is 30.2 Å². The minimum atomic E-state index is -0.963. The van der Waals surface area contributed by atoms with E-state index in [1.54, 1.807) is 12.2 Å². The van der Waals surface area contributed by atoms with E-state index in [0.717, 1.165) is 0 Å². The van der Waals surface area contributed by atoms with Gasteiger partial charge in [0.25, 0.3) is 0 Å². The summed E-state index contributed by atoms with van der Waals surface area (Å²) < 4.78 is 0. The van der Waals surface area contributed by atoms with Crippen molar-refractivity contribution in [3.63, 3.8) is 0 Å². The molecule has 0 atom stereocenters. The Morgan fingerprint density at radius 1 is 0.840 bits per heavy atom. The van der Waals surface area contributed by atoms with Gasteiger partial charge in [-0.15, -0.1) is 0 Å². The first kappa shape index (κ1) is 26.9. The summed E-state index contributed by atoms with van der Waals surface area (Å²) in [7, 11) is -0.963. The first-order valence-corrected chi connectivity index (χ1v) is 12.2. The Hall–Kier alpha value is -0.360. The predicted molar refractivity (Wildman–Crippen MR) is 115 cm³/mol. The van der Waals surface area contributed by atoms with Crippen molar-refractivity contribution < 1.29 is 17.5 Å². The van der Waals surface area contributed by atoms with Crippen molar-refractivity contribution in [3.8, 4) is 0 Å². The van der Waals surface area contributed by atoms with Crippen LogP contribution in [0.25, 0.3) is 6.08 Å². The summed E-state index contributed by atoms with van der Waals surface area (Å²) in [6, 6.07) is 9.35. The van der Waals surface area contributed by atoms with Crippen LogP contribution in [0.5, 0.6) is 0 Å². The standard InChI is InChI=1S/C20H34P.C2H6O.ClH/c1-5-9-16-21(17-10-6-2,18-11-7-3)20-14-12-19(8-4)13-15-20;1-2-3;/h8,12-15H,4-7,9-11,16-18H2,1-3H3;3H,2H2,1H3;1H/q+1;;/p-1. The zero-order valence-electron chi connectivity index (χ0n) is 16.9. The minimum Gasteiger partial charge on any atom is -1.00 e. The van der Waals surface area contributed by atoms with Crippen LogP contribution in [-0.2, 0) is 0 Å². The van der Waals surface area contributed by atoms with E-state index in [1.807, 2.05) is 6.08 Å². The lowest BCUT2D eigenvalue weighted by Crippen LogP contribution is -3.00. The van der Waals surface area contributed by atoms with Gasteiger partial charge in [-0.25, -0.2) is 0 Å². The molecule has 0 heterocycles. The highest BCUT2D eigenvalue weighted by molar-refractivity contribution is 7.82. The zero-order chi connectivity index (χ0) is 18.3. The number of benzene rings is 1. The molecule has 0 spiro atoms. The smallest absolute Gasteiger partial charge is 0.0939 e. The van der Waals surface area contributed by atoms with Crippen LogP contribution >= 0.6 is 7.26 Å². The number of unbranched alkanes of at least 4 members (excludes halogenated alkanes) is 3. The topological polar surface area (TPSA) is 20.2 Å². The summed E-state index contributed by atoms with van der Waals surface area (Å²) in [4.78, 5) is 0. The molecule has 3 heteroatoms. The highest BCUT2D eigenvalue weighted by Gasteiger charge is 2.37. The third-order valence-electron chi connectivity index (χ3n) is 4.50. The van der Waals surface area contributed by atoms with Crippen molar-refractivity contribution in [1.29, 1.82) is 0 Å². The van der Waals surface area contributed by atoms with Gasteiger partial charge in [-0.05, 0) is 43.9 Å². The molecule has 146 valence electrons. The molecule has 0 radical (unpaired) electrons. The third kappa shape index (κ3) is 10.4. The van der Waals surface area contributed by atoms with Crippen molar-refractivity contribution in [2.45, 2.75) is 66.2 Å². The maximum absolute atomic E-state index is 7.57. The molecule has 0 aliphatic rings. The molecule has 25 heavy (non-hydrogen) atoms. The van der Waals surface area contributed by atoms with Gasteiger partial charge in [-0.2, -0.15) is 0 Å². The highest BCUT2D eigenvalue weighted by Crippen LogP contribution is 2.59. The van der Waals surface area contributed by atoms with Gasteiger partial charge >= 0.3 is 0 Å². The minimum absolute atomic E-state index is 0. The Labute approximate surface area is 164 Å². The Morgan fingerprint density at radius 2 is 1.20 bits per heavy atom. The van der Waals surface area contributed by atoms with Crippen LogP contribution in [0.2, 0.25) is 0 Å². The van der Waals surface area contributed by atoms with Gasteiger partial charge in [-0.3, -0.25) is 0 Å². The highest BCUT2D eigenvalue weighted by atomic mass is 35.5. The second kappa shape index (κ2) is 17.1. The SMILES string of the molecule is C=Cc1ccc([P+](CCCC)(CCCC)CCCC)cc1.CCO.[Cl-]. The molecule has 0 bridgehead atoms. The maximum atomic E-state index is 7.57. The van der Waals surface area contributed by atoms with Crippen LogP contribution in [0.15, 0.2) is 30.8 Å². The van der Waals surface area contributed by atoms with Crippen LogP contribution in [0, 0.1) is 0 Å². The average molecular weight is 387 g/mol. The molecule has 1 nitrogen and oxygen atoms in total. The monoisotopic (exact) mass is 386 g/mol. The number of aliphatic hydroxyl groups is 1. The van der Waals surface area contributed by atoms with Crippen molar-refractivity contribution >= 4 is 18.6 Å². The fourth-order valence-electron chi connectivity index (χ4n) is 3.03. The summed E-state index contributed by atoms with van der Waals surface area (Å²) in [5.74, 6) is 0. The van der Waals surface area contributed by atoms with Gasteiger partial charge in [0, 0.05) is 13.9 Å². The largest absolute Gasteiger partial charge is 1.00 e. The molecular formula is C22H40ClOP. The van der Waals surface area contributed by atoms with Crippen molar-refractivity contribution in [2.24, 2.45) is 0 Å². The van der Waals surface area contributed by atoms with E-state index >= 15 is 0 Å². The second-order valence-corrected chi connectivity index (χ2v) is 10.6. The second-order valence-electron chi connectivity index (χ2n) is 6.49. The maximum Gasteiger partial charge on any atom is 0.0939 e. The van der Waals surface area contributed by atoms with Gasteiger partial charge in [0.15, 0.2) is 0 Å². The number of hydrogen-bond acceptors (Lipinski definition) is 1. The molecule has 0 aliphatic carbocycles. The first-order chi connectivity index (χ1) is 11.6. The Balaban J connectivity index is 0. The van der Waals surface area contributed by atoms with E-state index in [1.165, 1.54) is 62.6 Å². The van der Waals surface area contributed by atoms with E-state index in [2.05, 4.69) is 51.6 Å². The van der Waals surface area contributed by atoms with E-state index in [4.69, 9.17) is 5.11 Å². The molecule has 1 aromatic rings. The van der Waals surface area contributed by atoms with Crippen LogP contribution in [0.1, 0.15) is 71.8 Å². The van der Waals surface area contributed by atoms with E-state index < -0.39 is 7.26 Å². The zero-order valence-corrected chi connectivity index (χ0v) is 18.6. The molecule has 1 rings (SSSR count). The summed E-state index contributed by atoms with van der Waals surface area (Å²) >= 11 is 0. The van der Waals surface area contributed by atoms with Gasteiger partial charge in [0.2, 0.25) is 0 Å². The van der Waals surface area contributed by atoms with Crippen LogP contribution in [0.3, 0.4) is 0 Å². The molecule has 0 aromatic heterocycles. The summed E-state index contributed by atoms with van der Waals surface area (Å²) in [6.07, 6.45) is 14.5. The van der Waals surface area contributed by atoms with Crippen molar-refractivity contribution in [1.82, 2.24) is 0 Å². The molecule has 1 N–H and O–H groups in total.